The van der Waals surface area contributed by atoms with Gasteiger partial charge in [-0.15, -0.1) is 0 Å². The minimum Gasteiger partial charge on any atom is -0.481 e. The quantitative estimate of drug-likeness (QED) is 0.649. The lowest BCUT2D eigenvalue weighted by atomic mass is 10.2. The lowest BCUT2D eigenvalue weighted by molar-refractivity contribution is -0.915. The van der Waals surface area contributed by atoms with Crippen molar-refractivity contribution in [3.8, 4) is 5.75 Å². The number of quaternary nitrogens is 1. The molecule has 1 aliphatic heterocycles. The summed E-state index contributed by atoms with van der Waals surface area (Å²) in [6, 6.07) is 4.94. The van der Waals surface area contributed by atoms with Gasteiger partial charge in [0.15, 0.2) is 5.75 Å². The van der Waals surface area contributed by atoms with Crippen molar-refractivity contribution < 1.29 is 19.3 Å². The normalized spacial score (nSPS) is 25.6. The maximum Gasteiger partial charge on any atom is 0.310 e. The Hall–Kier alpha value is -1.66. The Balaban J connectivity index is 1.91. The van der Waals surface area contributed by atoms with Gasteiger partial charge in [-0.25, -0.2) is 0 Å². The second-order valence-electron chi connectivity index (χ2n) is 5.74. The Kier molecular flexibility index (Phi) is 5.14. The first kappa shape index (κ1) is 15.7. The van der Waals surface area contributed by atoms with E-state index in [9.17, 15) is 10.1 Å². The molecule has 21 heavy (non-hydrogen) atoms. The molecule has 1 aromatic rings. The number of nitro groups is 1. The molecule has 1 heterocycles. The van der Waals surface area contributed by atoms with Crippen LogP contribution < -0.4 is 9.64 Å². The number of nitrogens with one attached hydrogen (secondary N) is 1. The molecule has 116 valence electrons. The number of morpholine rings is 1. The van der Waals surface area contributed by atoms with Crippen molar-refractivity contribution in [1.29, 1.82) is 0 Å². The second kappa shape index (κ2) is 6.87. The molecule has 6 heteroatoms. The van der Waals surface area contributed by atoms with Crippen LogP contribution in [-0.2, 0) is 4.74 Å². The molecular weight excluding hydrogens is 272 g/mol. The van der Waals surface area contributed by atoms with Crippen LogP contribution in [-0.4, -0.2) is 43.4 Å². The third-order valence-electron chi connectivity index (χ3n) is 3.64. The molecule has 1 aliphatic rings. The predicted octanol–water partition coefficient (Wildman–Crippen LogP) is 0.974. The molecule has 6 nitrogen and oxygen atoms in total. The summed E-state index contributed by atoms with van der Waals surface area (Å²) >= 11 is 0. The van der Waals surface area contributed by atoms with Gasteiger partial charge in [0.2, 0.25) is 0 Å². The lowest BCUT2D eigenvalue weighted by Gasteiger charge is -2.32. The third kappa shape index (κ3) is 4.41. The van der Waals surface area contributed by atoms with Crippen LogP contribution in [0.5, 0.6) is 5.75 Å². The fraction of sp³-hybridized carbons (Fsp3) is 0.600. The Labute approximate surface area is 124 Å². The van der Waals surface area contributed by atoms with E-state index < -0.39 is 4.92 Å². The largest absolute Gasteiger partial charge is 0.481 e. The second-order valence-corrected chi connectivity index (χ2v) is 5.74. The van der Waals surface area contributed by atoms with Crippen LogP contribution in [0, 0.1) is 17.0 Å². The van der Waals surface area contributed by atoms with Crippen LogP contribution in [0.1, 0.15) is 19.4 Å². The van der Waals surface area contributed by atoms with Crippen molar-refractivity contribution in [2.45, 2.75) is 33.0 Å². The molecule has 0 spiro atoms. The number of rotatable bonds is 5. The minimum atomic E-state index is -0.402. The van der Waals surface area contributed by atoms with Gasteiger partial charge in [-0.05, 0) is 32.4 Å². The Morgan fingerprint density at radius 1 is 1.38 bits per heavy atom. The maximum absolute atomic E-state index is 11.0. The standard InChI is InChI=1S/C15H22N2O4/c1-11-4-5-14(17(18)19)15(8-11)20-7-6-16-9-12(2)21-13(3)10-16/h4-5,8,12-13H,6-7,9-10H2,1-3H3/p+1/t12-,13-/m0/s1. The molecule has 0 bridgehead atoms. The van der Waals surface area contributed by atoms with Gasteiger partial charge in [-0.3, -0.25) is 10.1 Å². The van der Waals surface area contributed by atoms with Crippen molar-refractivity contribution >= 4 is 5.69 Å². The smallest absolute Gasteiger partial charge is 0.310 e. The molecule has 0 aliphatic carbocycles. The highest BCUT2D eigenvalue weighted by Crippen LogP contribution is 2.27. The molecule has 0 saturated carbocycles. The van der Waals surface area contributed by atoms with Crippen molar-refractivity contribution in [1.82, 2.24) is 0 Å². The molecule has 1 saturated heterocycles. The van der Waals surface area contributed by atoms with Crippen molar-refractivity contribution in [2.75, 3.05) is 26.2 Å². The zero-order valence-corrected chi connectivity index (χ0v) is 12.8. The first-order valence-corrected chi connectivity index (χ1v) is 7.32. The van der Waals surface area contributed by atoms with Gasteiger partial charge in [0, 0.05) is 6.07 Å². The van der Waals surface area contributed by atoms with Crippen LogP contribution in [0.25, 0.3) is 0 Å². The van der Waals surface area contributed by atoms with Crippen LogP contribution in [0.3, 0.4) is 0 Å². The van der Waals surface area contributed by atoms with Crippen molar-refractivity contribution in [2.24, 2.45) is 0 Å². The van der Waals surface area contributed by atoms with Gasteiger partial charge in [0.05, 0.1) is 4.92 Å². The molecule has 2 atom stereocenters. The summed E-state index contributed by atoms with van der Waals surface area (Å²) in [5.41, 5.74) is 0.982. The van der Waals surface area contributed by atoms with Crippen LogP contribution in [0.15, 0.2) is 18.2 Å². The first-order chi connectivity index (χ1) is 9.95. The summed E-state index contributed by atoms with van der Waals surface area (Å²) in [6.07, 6.45) is 0.495. The van der Waals surface area contributed by atoms with E-state index in [-0.39, 0.29) is 17.9 Å². The zero-order chi connectivity index (χ0) is 15.4. The van der Waals surface area contributed by atoms with Gasteiger partial charge >= 0.3 is 5.69 Å². The van der Waals surface area contributed by atoms with E-state index in [1.54, 1.807) is 12.1 Å². The Morgan fingerprint density at radius 3 is 2.67 bits per heavy atom. The van der Waals surface area contributed by atoms with E-state index >= 15 is 0 Å². The monoisotopic (exact) mass is 295 g/mol. The highest BCUT2D eigenvalue weighted by atomic mass is 16.6. The number of ether oxygens (including phenoxy) is 2. The van der Waals surface area contributed by atoms with Crippen LogP contribution in [0.2, 0.25) is 0 Å². The summed E-state index contributed by atoms with van der Waals surface area (Å²) in [4.78, 5) is 12.0. The summed E-state index contributed by atoms with van der Waals surface area (Å²) in [6.45, 7) is 9.23. The number of hydrogen-bond donors (Lipinski definition) is 1. The number of nitrogens with zero attached hydrogens (tertiary/aromatic N) is 1. The summed E-state index contributed by atoms with van der Waals surface area (Å²) < 4.78 is 11.3. The van der Waals surface area contributed by atoms with Gasteiger partial charge in [-0.2, -0.15) is 0 Å². The number of hydrogen-bond acceptors (Lipinski definition) is 4. The average Bonchev–Trinajstić information content (AvgIpc) is 2.37. The van der Waals surface area contributed by atoms with Crippen LogP contribution >= 0.6 is 0 Å². The SMILES string of the molecule is Cc1ccc([N+](=O)[O-])c(OCC[NH+]2C[C@H](C)O[C@@H](C)C2)c1. The number of aryl methyl sites for hydroxylation is 1. The molecule has 1 N–H and O–H groups in total. The summed E-state index contributed by atoms with van der Waals surface area (Å²) in [5.74, 6) is 0.355. The average molecular weight is 295 g/mol. The van der Waals surface area contributed by atoms with Gasteiger partial charge in [0.1, 0.15) is 38.4 Å². The van der Waals surface area contributed by atoms with E-state index in [0.717, 1.165) is 25.2 Å². The molecule has 0 radical (unpaired) electrons. The van der Waals surface area contributed by atoms with E-state index in [0.29, 0.717) is 12.4 Å². The molecule has 1 aromatic carbocycles. The van der Waals surface area contributed by atoms with E-state index in [4.69, 9.17) is 9.47 Å². The van der Waals surface area contributed by atoms with Gasteiger partial charge in [0.25, 0.3) is 0 Å². The number of benzene rings is 1. The van der Waals surface area contributed by atoms with E-state index in [1.165, 1.54) is 11.0 Å². The zero-order valence-electron chi connectivity index (χ0n) is 12.8. The molecule has 0 aromatic heterocycles. The van der Waals surface area contributed by atoms with Gasteiger partial charge in [-0.1, -0.05) is 6.07 Å². The first-order valence-electron chi connectivity index (χ1n) is 7.32. The molecular formula is C15H23N2O4+. The fourth-order valence-corrected chi connectivity index (χ4v) is 2.79. The third-order valence-corrected chi connectivity index (χ3v) is 3.64. The molecule has 2 rings (SSSR count). The topological polar surface area (TPSA) is 66.0 Å². The molecule has 0 unspecified atom stereocenters. The number of nitro benzene ring substituents is 1. The highest BCUT2D eigenvalue weighted by Gasteiger charge is 2.25. The highest BCUT2D eigenvalue weighted by molar-refractivity contribution is 5.48. The van der Waals surface area contributed by atoms with Crippen molar-refractivity contribution in [3.63, 3.8) is 0 Å². The Morgan fingerprint density at radius 2 is 2.05 bits per heavy atom. The summed E-state index contributed by atoms with van der Waals surface area (Å²) in [5, 5.41) is 11.0. The Bertz CT molecular complexity index is 496. The summed E-state index contributed by atoms with van der Waals surface area (Å²) in [7, 11) is 0. The van der Waals surface area contributed by atoms with Gasteiger partial charge < -0.3 is 14.4 Å². The fourth-order valence-electron chi connectivity index (χ4n) is 2.79. The minimum absolute atomic E-state index is 0.0271. The molecule has 1 fully saturated rings. The van der Waals surface area contributed by atoms with E-state index in [1.807, 2.05) is 6.92 Å². The van der Waals surface area contributed by atoms with Crippen molar-refractivity contribution in [3.05, 3.63) is 33.9 Å². The van der Waals surface area contributed by atoms with E-state index in [2.05, 4.69) is 13.8 Å². The maximum atomic E-state index is 11.0. The lowest BCUT2D eigenvalue weighted by Crippen LogP contribution is -3.16. The molecule has 0 amide bonds. The predicted molar refractivity (Wildman–Crippen MR) is 78.9 cm³/mol. The van der Waals surface area contributed by atoms with Crippen LogP contribution in [0.4, 0.5) is 5.69 Å².